The van der Waals surface area contributed by atoms with Crippen LogP contribution in [0.15, 0.2) is 100 Å². The van der Waals surface area contributed by atoms with Gasteiger partial charge < -0.3 is 28.1 Å². The summed E-state index contributed by atoms with van der Waals surface area (Å²) in [7, 11) is 3.14. The predicted octanol–water partition coefficient (Wildman–Crippen LogP) is 9.95. The lowest BCUT2D eigenvalue weighted by atomic mass is 9.88. The number of hydrogen-bond donors (Lipinski definition) is 0. The van der Waals surface area contributed by atoms with Crippen molar-refractivity contribution >= 4 is 84.5 Å². The highest BCUT2D eigenvalue weighted by Gasteiger charge is 2.30. The second-order valence-corrected chi connectivity index (χ2v) is 14.9. The monoisotopic (exact) mass is 1000 g/mol. The maximum absolute atomic E-state index is 12.7. The molecule has 2 heterocycles. The van der Waals surface area contributed by atoms with Crippen molar-refractivity contribution in [2.75, 3.05) is 41.8 Å². The van der Waals surface area contributed by atoms with Crippen molar-refractivity contribution in [3.05, 3.63) is 124 Å². The predicted molar refractivity (Wildman–Crippen MR) is 221 cm³/mol. The summed E-state index contributed by atoms with van der Waals surface area (Å²) in [4.78, 5) is 27.2. The molecule has 49 heavy (non-hydrogen) atoms. The van der Waals surface area contributed by atoms with E-state index < -0.39 is 0 Å². The molecule has 0 saturated heterocycles. The maximum atomic E-state index is 12.7. The van der Waals surface area contributed by atoms with Crippen molar-refractivity contribution < 1.29 is 32.9 Å². The van der Waals surface area contributed by atoms with Crippen LogP contribution in [-0.4, -0.2) is 47.6 Å². The van der Waals surface area contributed by atoms with Gasteiger partial charge in [-0.25, -0.2) is 0 Å². The molecule has 0 N–H and O–H groups in total. The molecule has 1 atom stereocenters. The molecule has 0 amide bonds. The molecule has 11 heteroatoms. The van der Waals surface area contributed by atoms with E-state index in [-0.39, 0.29) is 30.7 Å². The first-order chi connectivity index (χ1) is 23.8. The number of carbonyl (C=O) groups is 1. The van der Waals surface area contributed by atoms with E-state index in [2.05, 4.69) is 67.8 Å². The molecule has 0 saturated carbocycles. The summed E-state index contributed by atoms with van der Waals surface area (Å²) in [5.41, 5.74) is 5.63. The molecule has 1 aliphatic heterocycles. The van der Waals surface area contributed by atoms with Gasteiger partial charge in [0.15, 0.2) is 24.8 Å². The number of benzene rings is 4. The van der Waals surface area contributed by atoms with Gasteiger partial charge in [-0.15, -0.1) is 0 Å². The zero-order valence-corrected chi connectivity index (χ0v) is 34.4. The molecule has 0 aliphatic carbocycles. The summed E-state index contributed by atoms with van der Waals surface area (Å²) in [6.45, 7) is 4.72. The summed E-state index contributed by atoms with van der Waals surface area (Å²) in [5.74, 6) is 1.91. The van der Waals surface area contributed by atoms with Gasteiger partial charge in [-0.05, 0) is 89.6 Å². The van der Waals surface area contributed by atoms with Crippen LogP contribution in [0.3, 0.4) is 0 Å². The number of hydrogen-bond acceptors (Lipinski definition) is 8. The van der Waals surface area contributed by atoms with Crippen molar-refractivity contribution in [1.29, 1.82) is 0 Å². The van der Waals surface area contributed by atoms with Gasteiger partial charge in [0, 0.05) is 14.2 Å². The fourth-order valence-corrected chi connectivity index (χ4v) is 4.85. The summed E-state index contributed by atoms with van der Waals surface area (Å²) in [6.07, 6.45) is 1.51. The second-order valence-electron chi connectivity index (χ2n) is 10.5. The van der Waals surface area contributed by atoms with Crippen molar-refractivity contribution in [2.24, 2.45) is 0 Å². The van der Waals surface area contributed by atoms with Gasteiger partial charge in [0.25, 0.3) is 0 Å². The quantitative estimate of drug-likeness (QED) is 0.0863. The molecule has 0 spiro atoms. The highest BCUT2D eigenvalue weighted by molar-refractivity contribution is 14.2. The Morgan fingerprint density at radius 2 is 1.29 bits per heavy atom. The van der Waals surface area contributed by atoms with Crippen molar-refractivity contribution in [3.8, 4) is 28.4 Å². The molecular weight excluding hydrogens is 965 g/mol. The van der Waals surface area contributed by atoms with Crippen LogP contribution in [-0.2, 0) is 9.47 Å². The largest absolute Gasteiger partial charge is 0.492 e. The summed E-state index contributed by atoms with van der Waals surface area (Å²) >= 11 is 6.70. The standard InChI is InChI=1S/C18H18O4.C18H16O4.CH2I2.CH3I/c2*1-12-3-8-15-17(9-12)21-10-16(18(15)19)13-4-6-14(7-5-13)22-11-20-2;2-1-3;1-2/h3-9,16H,10-11H2,1-2H3;3-10H,11H2,1-2H3;1H2;1H3. The molecular formula is C38H39I3O8. The molecule has 0 fully saturated rings. The number of carbonyl (C=O) groups excluding carboxylic acids is 1. The average Bonchev–Trinajstić information content (AvgIpc) is 3.12. The van der Waals surface area contributed by atoms with Crippen LogP contribution >= 0.6 is 67.8 Å². The summed E-state index contributed by atoms with van der Waals surface area (Å²) < 4.78 is 33.0. The Balaban J connectivity index is 0.000000235. The van der Waals surface area contributed by atoms with E-state index in [0.29, 0.717) is 46.0 Å². The number of aryl methyl sites for hydroxylation is 2. The van der Waals surface area contributed by atoms with Gasteiger partial charge in [0.1, 0.15) is 35.7 Å². The van der Waals surface area contributed by atoms with Crippen LogP contribution in [0, 0.1) is 13.8 Å². The van der Waals surface area contributed by atoms with E-state index in [1.54, 1.807) is 32.4 Å². The normalized spacial score (nSPS) is 12.9. The van der Waals surface area contributed by atoms with Gasteiger partial charge in [-0.2, -0.15) is 0 Å². The Labute approximate surface area is 328 Å². The minimum Gasteiger partial charge on any atom is -0.492 e. The molecule has 1 aromatic heterocycles. The van der Waals surface area contributed by atoms with Crippen LogP contribution in [0.25, 0.3) is 22.1 Å². The molecule has 0 bridgehead atoms. The smallest absolute Gasteiger partial charge is 0.200 e. The van der Waals surface area contributed by atoms with Crippen molar-refractivity contribution in [2.45, 2.75) is 19.8 Å². The average molecular weight is 1000 g/mol. The Hall–Kier alpha value is -2.73. The SMILES string of the molecule is CI.COCOc1ccc(-c2coc3cc(C)ccc3c2=O)cc1.COCOc1ccc(C2COc3cc(C)ccc3C2=O)cc1.ICI. The third-order valence-electron chi connectivity index (χ3n) is 7.19. The first-order valence-electron chi connectivity index (χ1n) is 15.0. The molecule has 1 aliphatic rings. The fourth-order valence-electron chi connectivity index (χ4n) is 4.85. The summed E-state index contributed by atoms with van der Waals surface area (Å²) in [5, 5.41) is 0.586. The summed E-state index contributed by atoms with van der Waals surface area (Å²) in [6, 6.07) is 26.0. The van der Waals surface area contributed by atoms with E-state index >= 15 is 0 Å². The number of halogens is 3. The van der Waals surface area contributed by atoms with Crippen LogP contribution in [0.5, 0.6) is 17.2 Å². The Bertz CT molecular complexity index is 1820. The number of ketones is 1. The van der Waals surface area contributed by atoms with Crippen molar-refractivity contribution in [3.63, 3.8) is 0 Å². The van der Waals surface area contributed by atoms with Crippen molar-refractivity contribution in [1.82, 2.24) is 0 Å². The first-order valence-corrected chi connectivity index (χ1v) is 20.2. The molecule has 0 radical (unpaired) electrons. The van der Waals surface area contributed by atoms with Crippen LogP contribution in [0.1, 0.15) is 33.0 Å². The Morgan fingerprint density at radius 1 is 0.735 bits per heavy atom. The minimum absolute atomic E-state index is 0.0354. The third kappa shape index (κ3) is 11.7. The van der Waals surface area contributed by atoms with Gasteiger partial charge in [0.2, 0.25) is 0 Å². The number of methoxy groups -OCH3 is 2. The number of alkyl halides is 3. The van der Waals surface area contributed by atoms with Gasteiger partial charge in [-0.1, -0.05) is 104 Å². The topological polar surface area (TPSA) is 93.4 Å². The van der Waals surface area contributed by atoms with Crippen LogP contribution in [0.4, 0.5) is 0 Å². The Kier molecular flexibility index (Phi) is 17.8. The fraction of sp³-hybridized carbons (Fsp3) is 0.263. The molecule has 260 valence electrons. The number of fused-ring (bicyclic) bond motifs is 2. The van der Waals surface area contributed by atoms with E-state index in [1.165, 1.54) is 8.70 Å². The molecule has 4 aromatic carbocycles. The zero-order valence-electron chi connectivity index (χ0n) is 28.0. The first kappa shape index (κ1) is 40.7. The van der Waals surface area contributed by atoms with Crippen LogP contribution in [0.2, 0.25) is 0 Å². The van der Waals surface area contributed by atoms with Gasteiger partial charge in [-0.3, -0.25) is 9.59 Å². The molecule has 6 rings (SSSR count). The van der Waals surface area contributed by atoms with E-state index in [0.717, 1.165) is 22.3 Å². The van der Waals surface area contributed by atoms with Gasteiger partial charge >= 0.3 is 0 Å². The van der Waals surface area contributed by atoms with E-state index in [9.17, 15) is 9.59 Å². The van der Waals surface area contributed by atoms with E-state index in [4.69, 9.17) is 28.1 Å². The lowest BCUT2D eigenvalue weighted by molar-refractivity contribution is 0.0509. The third-order valence-corrected chi connectivity index (χ3v) is 7.19. The minimum atomic E-state index is -0.272. The maximum Gasteiger partial charge on any atom is 0.200 e. The highest BCUT2D eigenvalue weighted by Crippen LogP contribution is 2.33. The molecule has 8 nitrogen and oxygen atoms in total. The van der Waals surface area contributed by atoms with E-state index in [1.807, 2.05) is 85.5 Å². The van der Waals surface area contributed by atoms with Gasteiger partial charge in [0.05, 0.1) is 24.9 Å². The second kappa shape index (κ2) is 21.5. The number of rotatable bonds is 8. The number of ether oxygens (including phenoxy) is 5. The molecule has 5 aromatic rings. The van der Waals surface area contributed by atoms with Crippen LogP contribution < -0.4 is 19.6 Å². The number of Topliss-reactive ketones (excluding diaryl/α,β-unsaturated/α-hetero) is 1. The Morgan fingerprint density at radius 3 is 1.88 bits per heavy atom. The molecule has 1 unspecified atom stereocenters. The lowest BCUT2D eigenvalue weighted by Gasteiger charge is -2.24. The zero-order chi connectivity index (χ0) is 35.8. The lowest BCUT2D eigenvalue weighted by Crippen LogP contribution is -2.26. The highest BCUT2D eigenvalue weighted by atomic mass is 127.